The summed E-state index contributed by atoms with van der Waals surface area (Å²) in [6, 6.07) is 96.7. The molecule has 0 radical (unpaired) electrons. The van der Waals surface area contributed by atoms with Crippen molar-refractivity contribution in [3.63, 3.8) is 0 Å². The Labute approximate surface area is 419 Å². The number of hydrogen-bond donors (Lipinski definition) is 0. The van der Waals surface area contributed by atoms with Crippen molar-refractivity contribution in [1.82, 2.24) is 0 Å². The second kappa shape index (κ2) is 17.8. The molecule has 0 spiro atoms. The quantitative estimate of drug-likeness (QED) is 0.0804. The van der Waals surface area contributed by atoms with Gasteiger partial charge in [-0.3, -0.25) is 0 Å². The van der Waals surface area contributed by atoms with E-state index >= 15 is 4.57 Å². The molecule has 4 nitrogen and oxygen atoms in total. The molecule has 0 aliphatic heterocycles. The Kier molecular flexibility index (Phi) is 11.7. The predicted molar refractivity (Wildman–Crippen MR) is 305 cm³/mol. The van der Waals surface area contributed by atoms with Gasteiger partial charge in [0, 0.05) is 0 Å². The van der Waals surface area contributed by atoms with E-state index in [2.05, 4.69) is 273 Å². The van der Waals surface area contributed by atoms with Gasteiger partial charge in [0.15, 0.2) is 0 Å². The molecule has 3 aliphatic rings. The van der Waals surface area contributed by atoms with Gasteiger partial charge in [-0.25, -0.2) is 0 Å². The van der Waals surface area contributed by atoms with Crippen molar-refractivity contribution in [2.45, 2.75) is 55.5 Å². The van der Waals surface area contributed by atoms with Crippen molar-refractivity contribution < 1.29 is 17.5 Å². The molecule has 0 heterocycles. The van der Waals surface area contributed by atoms with E-state index in [1.165, 1.54) is 0 Å². The molecule has 71 heavy (non-hydrogen) atoms. The standard InChI is InChI=1S/C63H60O4P4/c64-68(65-69(61-46-47-61,52-28-10-1-11-29-52,53-30-12-2-13-31-53)54-32-14-3-15-33-54,66-70(62-48-49-62,55-34-16-4-17-35-55,56-36-18-5-19-37-56)57-38-20-6-21-39-57)67-71(63-50-51-63,58-40-22-7-23-41-58,59-42-24-8-25-43-59)60-44-26-9-27-45-60/h1-45,61-63H,46-51H2. The van der Waals surface area contributed by atoms with Crippen LogP contribution in [0, 0.1) is 0 Å². The first-order valence-corrected chi connectivity index (χ1v) is 33.3. The second-order valence-electron chi connectivity index (χ2n) is 19.7. The summed E-state index contributed by atoms with van der Waals surface area (Å²) >= 11 is 0. The fourth-order valence-electron chi connectivity index (χ4n) is 12.7. The van der Waals surface area contributed by atoms with Gasteiger partial charge >= 0.3 is 422 Å². The molecular weight excluding hydrogens is 945 g/mol. The van der Waals surface area contributed by atoms with Crippen LogP contribution >= 0.6 is 28.3 Å². The van der Waals surface area contributed by atoms with Gasteiger partial charge in [-0.2, -0.15) is 0 Å². The third-order valence-corrected chi connectivity index (χ3v) is 40.1. The van der Waals surface area contributed by atoms with Gasteiger partial charge in [0.25, 0.3) is 0 Å². The minimum absolute atomic E-state index is 0.0389. The van der Waals surface area contributed by atoms with Crippen molar-refractivity contribution in [1.29, 1.82) is 0 Å². The van der Waals surface area contributed by atoms with Crippen LogP contribution in [0.25, 0.3) is 0 Å². The van der Waals surface area contributed by atoms with E-state index in [1.807, 2.05) is 0 Å². The molecule has 0 amide bonds. The van der Waals surface area contributed by atoms with Crippen LogP contribution in [-0.2, 0) is 17.5 Å². The van der Waals surface area contributed by atoms with Gasteiger partial charge in [-0.15, -0.1) is 0 Å². The van der Waals surface area contributed by atoms with Gasteiger partial charge in [0.1, 0.15) is 0 Å². The molecular formula is C63H60O4P4. The molecule has 0 unspecified atom stereocenters. The van der Waals surface area contributed by atoms with E-state index in [9.17, 15) is 0 Å². The maximum absolute atomic E-state index is 19.5. The summed E-state index contributed by atoms with van der Waals surface area (Å²) in [7, 11) is -5.14. The monoisotopic (exact) mass is 1000 g/mol. The summed E-state index contributed by atoms with van der Waals surface area (Å²) in [4.78, 5) is 0. The second-order valence-corrected chi connectivity index (χ2v) is 36.0. The van der Waals surface area contributed by atoms with E-state index in [0.29, 0.717) is 0 Å². The molecule has 9 aromatic carbocycles. The topological polar surface area (TPSA) is 44.8 Å². The number of benzene rings is 9. The zero-order valence-corrected chi connectivity index (χ0v) is 43.5. The van der Waals surface area contributed by atoms with Crippen LogP contribution in [0.3, 0.4) is 0 Å². The number of rotatable bonds is 18. The Bertz CT molecular complexity index is 2650. The van der Waals surface area contributed by atoms with E-state index in [0.717, 1.165) is 86.3 Å². The van der Waals surface area contributed by atoms with E-state index < -0.39 is 28.3 Å². The average Bonchev–Trinajstić information content (AvgIpc) is 4.26. The molecule has 12 rings (SSSR count). The zero-order chi connectivity index (χ0) is 48.0. The van der Waals surface area contributed by atoms with Crippen LogP contribution in [-0.4, -0.2) is 17.0 Å². The molecule has 8 heteroatoms. The van der Waals surface area contributed by atoms with Crippen LogP contribution in [0.15, 0.2) is 273 Å². The van der Waals surface area contributed by atoms with Crippen molar-refractivity contribution >= 4 is 76.1 Å². The van der Waals surface area contributed by atoms with Gasteiger partial charge in [0.2, 0.25) is 0 Å². The average molecular weight is 1010 g/mol. The van der Waals surface area contributed by atoms with Crippen LogP contribution in [0.4, 0.5) is 0 Å². The fourth-order valence-corrected chi connectivity index (χ4v) is 40.6. The third-order valence-electron chi connectivity index (χ3n) is 16.0. The summed E-state index contributed by atoms with van der Waals surface area (Å²) in [6.45, 7) is -13.5. The van der Waals surface area contributed by atoms with Crippen molar-refractivity contribution in [3.8, 4) is 0 Å². The molecule has 356 valence electrons. The van der Waals surface area contributed by atoms with Crippen molar-refractivity contribution in [2.24, 2.45) is 0 Å². The molecule has 3 fully saturated rings. The van der Waals surface area contributed by atoms with E-state index in [-0.39, 0.29) is 17.0 Å². The first-order chi connectivity index (χ1) is 34.9. The zero-order valence-electron chi connectivity index (χ0n) is 39.9. The van der Waals surface area contributed by atoms with Crippen molar-refractivity contribution in [2.75, 3.05) is 0 Å². The Balaban J connectivity index is 1.31. The molecule has 9 aromatic rings. The van der Waals surface area contributed by atoms with Crippen molar-refractivity contribution in [3.05, 3.63) is 273 Å². The summed E-state index contributed by atoms with van der Waals surface area (Å²) in [5.74, 6) is 0. The molecule has 0 saturated heterocycles. The summed E-state index contributed by atoms with van der Waals surface area (Å²) < 4.78 is 46.0. The van der Waals surface area contributed by atoms with Crippen LogP contribution < -0.4 is 47.7 Å². The maximum atomic E-state index is 19.5. The number of phosphoric acid groups is 1. The van der Waals surface area contributed by atoms with Crippen LogP contribution in [0.1, 0.15) is 38.5 Å². The SMILES string of the molecule is O=P(OP(c1ccccc1)(c1ccccc1)(c1ccccc1)C1CC1)(OP(c1ccccc1)(c1ccccc1)(c1ccccc1)C1CC1)OP(c1ccccc1)(c1ccccc1)(c1ccccc1)C1CC1. The van der Waals surface area contributed by atoms with E-state index in [1.54, 1.807) is 0 Å². The third kappa shape index (κ3) is 6.77. The van der Waals surface area contributed by atoms with Crippen LogP contribution in [0.2, 0.25) is 0 Å². The Morgan fingerprint density at radius 1 is 0.239 bits per heavy atom. The summed E-state index contributed by atoms with van der Waals surface area (Å²) in [5, 5.41) is 9.02. The van der Waals surface area contributed by atoms with Gasteiger partial charge in [-0.05, 0) is 0 Å². The van der Waals surface area contributed by atoms with Gasteiger partial charge in [0.05, 0.1) is 0 Å². The number of hydrogen-bond acceptors (Lipinski definition) is 4. The molecule has 3 aliphatic carbocycles. The molecule has 0 aromatic heterocycles. The Hall–Kier alpha value is -5.62. The van der Waals surface area contributed by atoms with E-state index in [4.69, 9.17) is 12.9 Å². The molecule has 0 N–H and O–H groups in total. The fraction of sp³-hybridized carbons (Fsp3) is 0.143. The summed E-state index contributed by atoms with van der Waals surface area (Å²) in [5.41, 5.74) is -0.117. The molecule has 3 saturated carbocycles. The van der Waals surface area contributed by atoms with Gasteiger partial charge < -0.3 is 0 Å². The first-order valence-electron chi connectivity index (χ1n) is 25.2. The Morgan fingerprint density at radius 3 is 0.479 bits per heavy atom. The minimum atomic E-state index is -5.14. The Morgan fingerprint density at radius 2 is 0.366 bits per heavy atom. The van der Waals surface area contributed by atoms with Gasteiger partial charge in [-0.1, -0.05) is 0 Å². The summed E-state index contributed by atoms with van der Waals surface area (Å²) in [6.07, 6.45) is 5.26. The predicted octanol–water partition coefficient (Wildman–Crippen LogP) is 13.0. The normalized spacial score (nSPS) is 17.8. The first kappa shape index (κ1) is 46.5. The molecule has 0 atom stereocenters. The molecule has 0 bridgehead atoms. The van der Waals surface area contributed by atoms with Crippen LogP contribution in [0.5, 0.6) is 0 Å².